The van der Waals surface area contributed by atoms with Crippen LogP contribution in [-0.2, 0) is 9.53 Å². The summed E-state index contributed by atoms with van der Waals surface area (Å²) in [5.74, 6) is 0.388. The second-order valence-corrected chi connectivity index (χ2v) is 5.58. The van der Waals surface area contributed by atoms with E-state index >= 15 is 0 Å². The number of nitrogens with zero attached hydrogens (tertiary/aromatic N) is 2. The van der Waals surface area contributed by atoms with Crippen LogP contribution in [0, 0.1) is 0 Å². The molecule has 1 aromatic heterocycles. The maximum atomic E-state index is 12.1. The molecular formula is C16H19N3O3. The zero-order valence-corrected chi connectivity index (χ0v) is 13.1. The number of amidine groups is 1. The molecule has 1 N–H and O–H groups in total. The number of hydrogen-bond donors (Lipinski definition) is 1. The van der Waals surface area contributed by atoms with Gasteiger partial charge in [-0.25, -0.2) is 0 Å². The quantitative estimate of drug-likeness (QED) is 0.943. The summed E-state index contributed by atoms with van der Waals surface area (Å²) >= 11 is 0. The molecule has 0 radical (unpaired) electrons. The lowest BCUT2D eigenvalue weighted by atomic mass is 9.94. The monoisotopic (exact) mass is 301 g/mol. The molecule has 0 fully saturated rings. The smallest absolute Gasteiger partial charge is 0.295 e. The summed E-state index contributed by atoms with van der Waals surface area (Å²) in [6.45, 7) is 1.96. The van der Waals surface area contributed by atoms with E-state index in [1.54, 1.807) is 26.1 Å². The third-order valence-corrected chi connectivity index (χ3v) is 3.93. The second-order valence-electron chi connectivity index (χ2n) is 5.58. The molecule has 22 heavy (non-hydrogen) atoms. The minimum Gasteiger partial charge on any atom is -0.496 e. The molecule has 1 aliphatic rings. The Hall–Kier alpha value is -2.50. The first-order chi connectivity index (χ1) is 10.5. The van der Waals surface area contributed by atoms with Crippen molar-refractivity contribution in [2.75, 3.05) is 21.2 Å². The number of carbonyl (C=O) groups excluding carboxylic acids is 1. The van der Waals surface area contributed by atoms with Gasteiger partial charge in [0, 0.05) is 37.1 Å². The first-order valence-electron chi connectivity index (χ1n) is 7.13. The van der Waals surface area contributed by atoms with Crippen LogP contribution in [0.2, 0.25) is 0 Å². The summed E-state index contributed by atoms with van der Waals surface area (Å²) in [5.41, 5.74) is 1.96. The number of methoxy groups -OCH3 is 1. The molecule has 0 bridgehead atoms. The highest BCUT2D eigenvalue weighted by atomic mass is 16.5. The predicted molar refractivity (Wildman–Crippen MR) is 84.3 cm³/mol. The number of H-pyrrole nitrogens is 1. The highest BCUT2D eigenvalue weighted by Crippen LogP contribution is 2.36. The maximum Gasteiger partial charge on any atom is 0.295 e. The molecule has 2 aromatic rings. The van der Waals surface area contributed by atoms with E-state index in [2.05, 4.69) is 9.98 Å². The van der Waals surface area contributed by atoms with Gasteiger partial charge in [-0.1, -0.05) is 13.0 Å². The lowest BCUT2D eigenvalue weighted by molar-refractivity contribution is -0.123. The molecule has 0 aliphatic carbocycles. The first-order valence-corrected chi connectivity index (χ1v) is 7.13. The topological polar surface area (TPSA) is 66.9 Å². The number of aromatic amines is 1. The van der Waals surface area contributed by atoms with Gasteiger partial charge in [0.1, 0.15) is 5.75 Å². The lowest BCUT2D eigenvalue weighted by Crippen LogP contribution is -2.28. The van der Waals surface area contributed by atoms with Gasteiger partial charge in [-0.15, -0.1) is 0 Å². The van der Waals surface area contributed by atoms with Gasteiger partial charge in [0.05, 0.1) is 7.11 Å². The molecule has 0 saturated heterocycles. The van der Waals surface area contributed by atoms with Gasteiger partial charge in [0.25, 0.3) is 11.9 Å². The van der Waals surface area contributed by atoms with Crippen LogP contribution in [0.4, 0.5) is 0 Å². The minimum absolute atomic E-state index is 0.140. The Morgan fingerprint density at radius 1 is 1.41 bits per heavy atom. The van der Waals surface area contributed by atoms with E-state index < -0.39 is 6.10 Å². The van der Waals surface area contributed by atoms with Crippen molar-refractivity contribution in [3.8, 4) is 5.75 Å². The number of rotatable bonds is 3. The molecule has 2 atom stereocenters. The Morgan fingerprint density at radius 3 is 2.82 bits per heavy atom. The van der Waals surface area contributed by atoms with Crippen LogP contribution in [0.1, 0.15) is 18.4 Å². The fourth-order valence-electron chi connectivity index (χ4n) is 2.74. The summed E-state index contributed by atoms with van der Waals surface area (Å²) in [5, 5.41) is 0.979. The minimum atomic E-state index is -0.610. The van der Waals surface area contributed by atoms with Crippen LogP contribution < -0.4 is 4.74 Å². The fraction of sp³-hybridized carbons (Fsp3) is 0.375. The molecule has 0 saturated carbocycles. The van der Waals surface area contributed by atoms with Crippen molar-refractivity contribution >= 4 is 22.8 Å². The summed E-state index contributed by atoms with van der Waals surface area (Å²) in [7, 11) is 5.24. The van der Waals surface area contributed by atoms with E-state index in [1.807, 2.05) is 31.3 Å². The van der Waals surface area contributed by atoms with E-state index in [0.29, 0.717) is 6.02 Å². The van der Waals surface area contributed by atoms with Crippen LogP contribution in [0.3, 0.4) is 0 Å². The average molecular weight is 301 g/mol. The van der Waals surface area contributed by atoms with Gasteiger partial charge >= 0.3 is 0 Å². The van der Waals surface area contributed by atoms with Crippen LogP contribution >= 0.6 is 0 Å². The number of ether oxygens (including phenoxy) is 2. The van der Waals surface area contributed by atoms with Crippen molar-refractivity contribution in [3.63, 3.8) is 0 Å². The fourth-order valence-corrected chi connectivity index (χ4v) is 2.74. The van der Waals surface area contributed by atoms with Gasteiger partial charge in [-0.2, -0.15) is 4.99 Å². The molecule has 1 aromatic carbocycles. The van der Waals surface area contributed by atoms with Crippen molar-refractivity contribution in [2.24, 2.45) is 4.99 Å². The summed E-state index contributed by atoms with van der Waals surface area (Å²) in [6, 6.07) is 6.17. The normalized spacial score (nSPS) is 19.0. The predicted octanol–water partition coefficient (Wildman–Crippen LogP) is 2.12. The lowest BCUT2D eigenvalue weighted by Gasteiger charge is -2.19. The van der Waals surface area contributed by atoms with E-state index in [1.165, 1.54) is 0 Å². The SMILES string of the molecule is COc1cccc2[nH]cc(C(C)C3OC(N(C)C)=NC3=O)c12. The van der Waals surface area contributed by atoms with Crippen LogP contribution in [-0.4, -0.2) is 49.1 Å². The van der Waals surface area contributed by atoms with E-state index in [4.69, 9.17) is 9.47 Å². The van der Waals surface area contributed by atoms with Gasteiger partial charge in [-0.05, 0) is 17.7 Å². The van der Waals surface area contributed by atoms with Crippen molar-refractivity contribution in [1.29, 1.82) is 0 Å². The molecule has 1 aliphatic heterocycles. The molecule has 2 heterocycles. The molecule has 3 rings (SSSR count). The Labute approximate surface area is 128 Å². The molecule has 1 amide bonds. The van der Waals surface area contributed by atoms with Crippen molar-refractivity contribution in [1.82, 2.24) is 9.88 Å². The Kier molecular flexibility index (Phi) is 3.52. The number of aliphatic imine (C=N–C) groups is 1. The van der Waals surface area contributed by atoms with E-state index in [-0.39, 0.29) is 11.8 Å². The Morgan fingerprint density at radius 2 is 2.18 bits per heavy atom. The van der Waals surface area contributed by atoms with Crippen molar-refractivity contribution in [2.45, 2.75) is 18.9 Å². The second kappa shape index (κ2) is 5.36. The van der Waals surface area contributed by atoms with Crippen molar-refractivity contribution < 1.29 is 14.3 Å². The molecule has 2 unspecified atom stereocenters. The van der Waals surface area contributed by atoms with Crippen LogP contribution in [0.5, 0.6) is 5.75 Å². The molecule has 116 valence electrons. The molecule has 6 nitrogen and oxygen atoms in total. The van der Waals surface area contributed by atoms with Gasteiger partial charge < -0.3 is 19.4 Å². The number of carbonyl (C=O) groups is 1. The Balaban J connectivity index is 1.97. The van der Waals surface area contributed by atoms with E-state index in [9.17, 15) is 4.79 Å². The number of benzene rings is 1. The van der Waals surface area contributed by atoms with E-state index in [0.717, 1.165) is 22.2 Å². The third-order valence-electron chi connectivity index (χ3n) is 3.93. The highest BCUT2D eigenvalue weighted by Gasteiger charge is 2.36. The largest absolute Gasteiger partial charge is 0.496 e. The van der Waals surface area contributed by atoms with Crippen molar-refractivity contribution in [3.05, 3.63) is 30.0 Å². The number of hydrogen-bond acceptors (Lipinski definition) is 4. The standard InChI is InChI=1S/C16H19N3O3/c1-9(14-15(20)18-16(22-14)19(2)3)10-8-17-11-6-5-7-12(21-4)13(10)11/h5-9,14,17H,1-4H3. The first kappa shape index (κ1) is 14.4. The molecule has 6 heteroatoms. The van der Waals surface area contributed by atoms with Gasteiger partial charge in [-0.3, -0.25) is 4.79 Å². The zero-order chi connectivity index (χ0) is 15.9. The number of nitrogens with one attached hydrogen (secondary N) is 1. The highest BCUT2D eigenvalue weighted by molar-refractivity contribution is 5.99. The molecule has 0 spiro atoms. The number of aromatic nitrogens is 1. The average Bonchev–Trinajstić information content (AvgIpc) is 3.10. The van der Waals surface area contributed by atoms with Crippen LogP contribution in [0.15, 0.2) is 29.4 Å². The number of fused-ring (bicyclic) bond motifs is 1. The number of amides is 1. The Bertz CT molecular complexity index is 748. The summed E-state index contributed by atoms with van der Waals surface area (Å²) < 4.78 is 11.2. The third kappa shape index (κ3) is 2.20. The summed E-state index contributed by atoms with van der Waals surface area (Å²) in [6.07, 6.45) is 1.30. The molecular weight excluding hydrogens is 282 g/mol. The summed E-state index contributed by atoms with van der Waals surface area (Å²) in [4.78, 5) is 21.0. The van der Waals surface area contributed by atoms with Crippen LogP contribution in [0.25, 0.3) is 10.9 Å². The van der Waals surface area contributed by atoms with Gasteiger partial charge in [0.2, 0.25) is 0 Å². The zero-order valence-electron chi connectivity index (χ0n) is 13.1. The maximum absolute atomic E-state index is 12.1. The van der Waals surface area contributed by atoms with Gasteiger partial charge in [0.15, 0.2) is 6.10 Å².